The summed E-state index contributed by atoms with van der Waals surface area (Å²) in [4.78, 5) is 17.9. The molecule has 0 aliphatic heterocycles. The second-order valence-electron chi connectivity index (χ2n) is 3.45. The largest absolute Gasteiger partial charge is 0.497 e. The van der Waals surface area contributed by atoms with Crippen LogP contribution in [0.5, 0.6) is 17.4 Å². The van der Waals surface area contributed by atoms with E-state index in [0.29, 0.717) is 5.75 Å². The van der Waals surface area contributed by atoms with Gasteiger partial charge in [-0.05, 0) is 6.07 Å². The predicted molar refractivity (Wildman–Crippen MR) is 66.2 cm³/mol. The molecule has 1 aromatic carbocycles. The summed E-state index contributed by atoms with van der Waals surface area (Å²) in [6, 6.07) is 5.61. The fourth-order valence-electron chi connectivity index (χ4n) is 1.38. The second-order valence-corrected chi connectivity index (χ2v) is 3.45. The quantitative estimate of drug-likeness (QED) is 0.659. The van der Waals surface area contributed by atoms with E-state index >= 15 is 0 Å². The number of hydrogen-bond acceptors (Lipinski definition) is 7. The van der Waals surface area contributed by atoms with E-state index in [4.69, 9.17) is 15.2 Å². The molecule has 0 atom stereocenters. The molecule has 8 nitrogen and oxygen atoms in total. The van der Waals surface area contributed by atoms with Crippen LogP contribution in [0.3, 0.4) is 0 Å². The van der Waals surface area contributed by atoms with Crippen LogP contribution in [0.1, 0.15) is 0 Å². The summed E-state index contributed by atoms with van der Waals surface area (Å²) >= 11 is 0. The van der Waals surface area contributed by atoms with Crippen molar-refractivity contribution in [2.75, 3.05) is 12.8 Å². The molecule has 0 spiro atoms. The van der Waals surface area contributed by atoms with Crippen molar-refractivity contribution in [2.45, 2.75) is 0 Å². The maximum atomic E-state index is 10.9. The molecule has 8 heteroatoms. The van der Waals surface area contributed by atoms with Crippen LogP contribution < -0.4 is 15.2 Å². The first-order valence-corrected chi connectivity index (χ1v) is 5.19. The normalized spacial score (nSPS) is 9.95. The number of nitro benzene ring substituents is 1. The number of ether oxygens (including phenoxy) is 2. The van der Waals surface area contributed by atoms with Crippen LogP contribution in [0.25, 0.3) is 0 Å². The van der Waals surface area contributed by atoms with Gasteiger partial charge in [-0.2, -0.15) is 4.98 Å². The van der Waals surface area contributed by atoms with Crippen molar-refractivity contribution in [3.63, 3.8) is 0 Å². The average molecular weight is 262 g/mol. The Morgan fingerprint density at radius 2 is 2.16 bits per heavy atom. The van der Waals surface area contributed by atoms with Crippen LogP contribution in [0.2, 0.25) is 0 Å². The number of benzene rings is 1. The van der Waals surface area contributed by atoms with Crippen molar-refractivity contribution in [1.29, 1.82) is 0 Å². The van der Waals surface area contributed by atoms with Crippen molar-refractivity contribution < 1.29 is 14.4 Å². The fraction of sp³-hybridized carbons (Fsp3) is 0.0909. The molecule has 0 aliphatic carbocycles. The average Bonchev–Trinajstić information content (AvgIpc) is 2.38. The van der Waals surface area contributed by atoms with E-state index in [1.807, 2.05) is 0 Å². The number of rotatable bonds is 4. The van der Waals surface area contributed by atoms with Gasteiger partial charge in [0.25, 0.3) is 0 Å². The van der Waals surface area contributed by atoms with Crippen LogP contribution in [0.15, 0.2) is 30.5 Å². The number of nitrogens with two attached hydrogens (primary N) is 1. The van der Waals surface area contributed by atoms with Gasteiger partial charge in [0.15, 0.2) is 0 Å². The highest BCUT2D eigenvalue weighted by molar-refractivity contribution is 5.51. The standard InChI is InChI=1S/C11H10N4O4/c1-18-7-2-3-8(15(16)17)9(6-7)19-10-4-5-13-11(12)14-10/h2-6H,1H3,(H2,12,13,14). The zero-order valence-corrected chi connectivity index (χ0v) is 9.94. The Morgan fingerprint density at radius 1 is 1.37 bits per heavy atom. The van der Waals surface area contributed by atoms with Gasteiger partial charge in [0.2, 0.25) is 17.6 Å². The third-order valence-corrected chi connectivity index (χ3v) is 2.23. The fourth-order valence-corrected chi connectivity index (χ4v) is 1.38. The van der Waals surface area contributed by atoms with Crippen LogP contribution in [0, 0.1) is 10.1 Å². The van der Waals surface area contributed by atoms with Crippen molar-refractivity contribution >= 4 is 11.6 Å². The van der Waals surface area contributed by atoms with Gasteiger partial charge in [0.1, 0.15) is 5.75 Å². The Hall–Kier alpha value is -2.90. The zero-order chi connectivity index (χ0) is 13.8. The summed E-state index contributed by atoms with van der Waals surface area (Å²) in [5.41, 5.74) is 5.21. The summed E-state index contributed by atoms with van der Waals surface area (Å²) in [6.45, 7) is 0. The number of hydrogen-bond donors (Lipinski definition) is 1. The van der Waals surface area contributed by atoms with Gasteiger partial charge < -0.3 is 15.2 Å². The molecule has 1 heterocycles. The van der Waals surface area contributed by atoms with Gasteiger partial charge in [-0.1, -0.05) is 0 Å². The van der Waals surface area contributed by atoms with Gasteiger partial charge in [-0.25, -0.2) is 4.98 Å². The predicted octanol–water partition coefficient (Wildman–Crippen LogP) is 1.77. The van der Waals surface area contributed by atoms with Crippen molar-refractivity contribution in [1.82, 2.24) is 9.97 Å². The molecular weight excluding hydrogens is 252 g/mol. The van der Waals surface area contributed by atoms with E-state index in [2.05, 4.69) is 9.97 Å². The topological polar surface area (TPSA) is 113 Å². The monoisotopic (exact) mass is 262 g/mol. The molecule has 0 fully saturated rings. The van der Waals surface area contributed by atoms with Crippen LogP contribution >= 0.6 is 0 Å². The van der Waals surface area contributed by atoms with Crippen LogP contribution in [-0.2, 0) is 0 Å². The molecule has 2 aromatic rings. The summed E-state index contributed by atoms with van der Waals surface area (Å²) in [5, 5.41) is 10.9. The lowest BCUT2D eigenvalue weighted by Gasteiger charge is -2.07. The molecule has 2 N–H and O–H groups in total. The minimum absolute atomic E-state index is 0.0162. The molecule has 1 aromatic heterocycles. The highest BCUT2D eigenvalue weighted by Gasteiger charge is 2.17. The van der Waals surface area contributed by atoms with Gasteiger partial charge in [-0.3, -0.25) is 10.1 Å². The summed E-state index contributed by atoms with van der Waals surface area (Å²) in [6.07, 6.45) is 1.39. The second kappa shape index (κ2) is 5.17. The lowest BCUT2D eigenvalue weighted by atomic mass is 10.3. The smallest absolute Gasteiger partial charge is 0.311 e. The van der Waals surface area contributed by atoms with Crippen LogP contribution in [-0.4, -0.2) is 22.0 Å². The Labute approximate surface area is 108 Å². The molecule has 0 aliphatic rings. The highest BCUT2D eigenvalue weighted by Crippen LogP contribution is 2.33. The molecule has 2 rings (SSSR count). The molecule has 0 saturated heterocycles. The third-order valence-electron chi connectivity index (χ3n) is 2.23. The molecule has 19 heavy (non-hydrogen) atoms. The van der Waals surface area contributed by atoms with E-state index in [-0.39, 0.29) is 23.3 Å². The lowest BCUT2D eigenvalue weighted by Crippen LogP contribution is -1.98. The first-order chi connectivity index (χ1) is 9.10. The Morgan fingerprint density at radius 3 is 2.79 bits per heavy atom. The first-order valence-electron chi connectivity index (χ1n) is 5.19. The summed E-state index contributed by atoms with van der Waals surface area (Å²) in [7, 11) is 1.45. The molecule has 0 amide bonds. The minimum Gasteiger partial charge on any atom is -0.497 e. The Balaban J connectivity index is 2.39. The summed E-state index contributed by atoms with van der Waals surface area (Å²) < 4.78 is 10.3. The Bertz CT molecular complexity index is 617. The SMILES string of the molecule is COc1ccc([N+](=O)[O-])c(Oc2ccnc(N)n2)c1. The van der Waals surface area contributed by atoms with E-state index in [1.54, 1.807) is 0 Å². The van der Waals surface area contributed by atoms with Crippen molar-refractivity contribution in [3.05, 3.63) is 40.6 Å². The van der Waals surface area contributed by atoms with E-state index in [1.165, 1.54) is 37.6 Å². The third kappa shape index (κ3) is 2.86. The number of aromatic nitrogens is 2. The Kier molecular flexibility index (Phi) is 3.42. The number of methoxy groups -OCH3 is 1. The molecule has 0 saturated carbocycles. The highest BCUT2D eigenvalue weighted by atomic mass is 16.6. The number of nitrogens with zero attached hydrogens (tertiary/aromatic N) is 3. The molecule has 98 valence electrons. The molecule has 0 radical (unpaired) electrons. The molecular formula is C11H10N4O4. The number of anilines is 1. The maximum absolute atomic E-state index is 10.9. The van der Waals surface area contributed by atoms with Crippen molar-refractivity contribution in [3.8, 4) is 17.4 Å². The van der Waals surface area contributed by atoms with Crippen LogP contribution in [0.4, 0.5) is 11.6 Å². The lowest BCUT2D eigenvalue weighted by molar-refractivity contribution is -0.385. The summed E-state index contributed by atoms with van der Waals surface area (Å²) in [5.74, 6) is 0.581. The molecule has 0 unspecified atom stereocenters. The van der Waals surface area contributed by atoms with E-state index in [9.17, 15) is 10.1 Å². The van der Waals surface area contributed by atoms with Gasteiger partial charge in [0.05, 0.1) is 12.0 Å². The number of nitrogen functional groups attached to an aromatic ring is 1. The molecule has 0 bridgehead atoms. The van der Waals surface area contributed by atoms with Gasteiger partial charge in [-0.15, -0.1) is 0 Å². The van der Waals surface area contributed by atoms with E-state index < -0.39 is 4.92 Å². The first kappa shape index (κ1) is 12.6. The van der Waals surface area contributed by atoms with E-state index in [0.717, 1.165) is 0 Å². The minimum atomic E-state index is -0.556. The number of nitro groups is 1. The van der Waals surface area contributed by atoms with Gasteiger partial charge >= 0.3 is 5.69 Å². The van der Waals surface area contributed by atoms with Crippen molar-refractivity contribution in [2.24, 2.45) is 0 Å². The zero-order valence-electron chi connectivity index (χ0n) is 9.94. The maximum Gasteiger partial charge on any atom is 0.311 e. The van der Waals surface area contributed by atoms with Gasteiger partial charge in [0, 0.05) is 24.4 Å².